The SMILES string of the molecule is OC(CN(Cc1cccc(OC(F)(F)C(F)F)c1)c1cccc(N2CCCCC2)c1)C(F)(F)F. The second-order valence-electron chi connectivity index (χ2n) is 8.12. The fourth-order valence-corrected chi connectivity index (χ4v) is 3.74. The van der Waals surface area contributed by atoms with Crippen LogP contribution in [0, 0.1) is 0 Å². The van der Waals surface area contributed by atoms with Crippen LogP contribution in [0.25, 0.3) is 0 Å². The van der Waals surface area contributed by atoms with E-state index in [2.05, 4.69) is 9.64 Å². The Balaban J connectivity index is 1.87. The van der Waals surface area contributed by atoms with Crippen molar-refractivity contribution < 1.29 is 40.6 Å². The van der Waals surface area contributed by atoms with Gasteiger partial charge in [0, 0.05) is 31.0 Å². The summed E-state index contributed by atoms with van der Waals surface area (Å²) in [5.74, 6) is -0.554. The number of rotatable bonds is 9. The molecule has 188 valence electrons. The Morgan fingerprint density at radius 1 is 0.941 bits per heavy atom. The maximum absolute atomic E-state index is 13.3. The molecule has 0 radical (unpaired) electrons. The van der Waals surface area contributed by atoms with Crippen molar-refractivity contribution in [3.63, 3.8) is 0 Å². The number of hydrogen-bond donors (Lipinski definition) is 1. The number of aliphatic hydroxyl groups excluding tert-OH is 1. The van der Waals surface area contributed by atoms with Gasteiger partial charge in [-0.3, -0.25) is 0 Å². The highest BCUT2D eigenvalue weighted by atomic mass is 19.4. The van der Waals surface area contributed by atoms with Crippen molar-refractivity contribution in [3.05, 3.63) is 54.1 Å². The van der Waals surface area contributed by atoms with Crippen LogP contribution in [0.15, 0.2) is 48.5 Å². The van der Waals surface area contributed by atoms with E-state index in [0.717, 1.165) is 50.2 Å². The quantitative estimate of drug-likeness (QED) is 0.444. The number of anilines is 2. The summed E-state index contributed by atoms with van der Waals surface area (Å²) in [6, 6.07) is 11.6. The third-order valence-electron chi connectivity index (χ3n) is 5.47. The van der Waals surface area contributed by atoms with Gasteiger partial charge in [-0.2, -0.15) is 30.7 Å². The molecule has 1 aliphatic rings. The van der Waals surface area contributed by atoms with Crippen molar-refractivity contribution in [1.29, 1.82) is 0 Å². The summed E-state index contributed by atoms with van der Waals surface area (Å²) in [5, 5.41) is 9.70. The highest BCUT2D eigenvalue weighted by molar-refractivity contribution is 5.60. The smallest absolute Gasteiger partial charge is 0.428 e. The number of halogens is 7. The van der Waals surface area contributed by atoms with Gasteiger partial charge >= 0.3 is 18.7 Å². The topological polar surface area (TPSA) is 35.9 Å². The van der Waals surface area contributed by atoms with Gasteiger partial charge in [0.05, 0.1) is 6.54 Å². The highest BCUT2D eigenvalue weighted by Gasteiger charge is 2.44. The van der Waals surface area contributed by atoms with Crippen molar-refractivity contribution in [3.8, 4) is 5.75 Å². The van der Waals surface area contributed by atoms with Crippen LogP contribution in [-0.4, -0.2) is 49.6 Å². The molecule has 1 atom stereocenters. The standard InChI is InChI=1S/C23H25F7N2O2/c24-21(25)23(29,30)34-19-9-4-6-16(12-19)14-32(15-20(33)22(26,27)28)18-8-5-7-17(13-18)31-10-2-1-3-11-31/h4-9,12-13,20-21,33H,1-3,10-11,14-15H2. The Hall–Kier alpha value is -2.69. The molecule has 0 amide bonds. The monoisotopic (exact) mass is 494 g/mol. The van der Waals surface area contributed by atoms with E-state index in [9.17, 15) is 35.8 Å². The van der Waals surface area contributed by atoms with Crippen molar-refractivity contribution in [2.45, 2.75) is 50.6 Å². The molecule has 2 aromatic carbocycles. The minimum Gasteiger partial charge on any atom is -0.428 e. The Kier molecular flexibility index (Phi) is 8.17. The average Bonchev–Trinajstić information content (AvgIpc) is 2.78. The normalized spacial score (nSPS) is 16.0. The fraction of sp³-hybridized carbons (Fsp3) is 0.478. The molecule has 1 fully saturated rings. The van der Waals surface area contributed by atoms with E-state index in [1.807, 2.05) is 6.07 Å². The van der Waals surface area contributed by atoms with Gasteiger partial charge < -0.3 is 19.6 Å². The third-order valence-corrected chi connectivity index (χ3v) is 5.47. The van der Waals surface area contributed by atoms with Crippen LogP contribution < -0.4 is 14.5 Å². The first-order chi connectivity index (χ1) is 16.0. The third kappa shape index (κ3) is 6.91. The van der Waals surface area contributed by atoms with Gasteiger partial charge in [0.15, 0.2) is 6.10 Å². The largest absolute Gasteiger partial charge is 0.461 e. The number of alkyl halides is 7. The number of benzene rings is 2. The predicted molar refractivity (Wildman–Crippen MR) is 114 cm³/mol. The number of aliphatic hydroxyl groups is 1. The van der Waals surface area contributed by atoms with Crippen LogP contribution in [-0.2, 0) is 6.54 Å². The van der Waals surface area contributed by atoms with Crippen molar-refractivity contribution in [2.24, 2.45) is 0 Å². The molecular formula is C23H25F7N2O2. The Labute approximate surface area is 192 Å². The molecule has 0 saturated carbocycles. The molecule has 0 aromatic heterocycles. The summed E-state index contributed by atoms with van der Waals surface area (Å²) in [7, 11) is 0. The lowest BCUT2D eigenvalue weighted by atomic mass is 10.1. The number of piperidine rings is 1. The molecule has 1 aliphatic heterocycles. The zero-order valence-corrected chi connectivity index (χ0v) is 18.1. The van der Waals surface area contributed by atoms with E-state index >= 15 is 0 Å². The van der Waals surface area contributed by atoms with Gasteiger partial charge in [-0.05, 0) is 55.2 Å². The van der Waals surface area contributed by atoms with Gasteiger partial charge in [-0.25, -0.2) is 0 Å². The second-order valence-corrected chi connectivity index (χ2v) is 8.12. The van der Waals surface area contributed by atoms with E-state index < -0.39 is 37.1 Å². The van der Waals surface area contributed by atoms with Crippen molar-refractivity contribution in [1.82, 2.24) is 0 Å². The molecule has 1 unspecified atom stereocenters. The van der Waals surface area contributed by atoms with Crippen LogP contribution in [0.4, 0.5) is 42.1 Å². The predicted octanol–water partition coefficient (Wildman–Crippen LogP) is 5.84. The van der Waals surface area contributed by atoms with Gasteiger partial charge in [-0.1, -0.05) is 18.2 Å². The van der Waals surface area contributed by atoms with Crippen LogP contribution in [0.5, 0.6) is 5.75 Å². The second kappa shape index (κ2) is 10.7. The summed E-state index contributed by atoms with van der Waals surface area (Å²) in [4.78, 5) is 3.38. The van der Waals surface area contributed by atoms with Crippen LogP contribution >= 0.6 is 0 Å². The van der Waals surface area contributed by atoms with E-state index in [1.165, 1.54) is 17.0 Å². The van der Waals surface area contributed by atoms with Crippen LogP contribution in [0.2, 0.25) is 0 Å². The summed E-state index contributed by atoms with van der Waals surface area (Å²) in [5.41, 5.74) is 1.44. The fourth-order valence-electron chi connectivity index (χ4n) is 3.74. The van der Waals surface area contributed by atoms with E-state index in [-0.39, 0.29) is 12.1 Å². The molecule has 0 spiro atoms. The molecule has 34 heavy (non-hydrogen) atoms. The molecular weight excluding hydrogens is 469 g/mol. The zero-order valence-electron chi connectivity index (χ0n) is 18.1. The number of ether oxygens (including phenoxy) is 1. The lowest BCUT2D eigenvalue weighted by Gasteiger charge is -2.32. The minimum absolute atomic E-state index is 0.214. The Morgan fingerprint density at radius 3 is 2.26 bits per heavy atom. The molecule has 3 rings (SSSR count). The van der Waals surface area contributed by atoms with Gasteiger partial charge in [0.1, 0.15) is 5.75 Å². The minimum atomic E-state index is -4.87. The molecule has 1 N–H and O–H groups in total. The van der Waals surface area contributed by atoms with Gasteiger partial charge in [0.25, 0.3) is 0 Å². The van der Waals surface area contributed by atoms with Gasteiger partial charge in [-0.15, -0.1) is 0 Å². The first kappa shape index (κ1) is 25.9. The van der Waals surface area contributed by atoms with Crippen molar-refractivity contribution in [2.75, 3.05) is 29.4 Å². The van der Waals surface area contributed by atoms with Crippen LogP contribution in [0.1, 0.15) is 24.8 Å². The first-order valence-electron chi connectivity index (χ1n) is 10.7. The highest BCUT2D eigenvalue weighted by Crippen LogP contribution is 2.31. The summed E-state index contributed by atoms with van der Waals surface area (Å²) in [6.45, 7) is 0.595. The molecule has 0 aliphatic carbocycles. The maximum atomic E-state index is 13.3. The molecule has 4 nitrogen and oxygen atoms in total. The molecule has 1 heterocycles. The molecule has 1 saturated heterocycles. The van der Waals surface area contributed by atoms with Crippen molar-refractivity contribution >= 4 is 11.4 Å². The van der Waals surface area contributed by atoms with E-state index in [1.54, 1.807) is 18.2 Å². The summed E-state index contributed by atoms with van der Waals surface area (Å²) in [6.07, 6.45) is -13.2. The van der Waals surface area contributed by atoms with E-state index in [0.29, 0.717) is 5.69 Å². The maximum Gasteiger partial charge on any atom is 0.461 e. The first-order valence-corrected chi connectivity index (χ1v) is 10.7. The zero-order chi connectivity index (χ0) is 24.9. The average molecular weight is 494 g/mol. The molecule has 0 bridgehead atoms. The number of nitrogens with zero attached hydrogens (tertiary/aromatic N) is 2. The Bertz CT molecular complexity index is 934. The number of hydrogen-bond acceptors (Lipinski definition) is 4. The molecule has 2 aromatic rings. The summed E-state index contributed by atoms with van der Waals surface area (Å²) >= 11 is 0. The Morgan fingerprint density at radius 2 is 1.62 bits per heavy atom. The summed E-state index contributed by atoms with van der Waals surface area (Å²) < 4.78 is 94.8. The van der Waals surface area contributed by atoms with E-state index in [4.69, 9.17) is 0 Å². The van der Waals surface area contributed by atoms with Crippen LogP contribution in [0.3, 0.4) is 0 Å². The molecule has 11 heteroatoms. The lowest BCUT2D eigenvalue weighted by Crippen LogP contribution is -2.41. The van der Waals surface area contributed by atoms with Gasteiger partial charge in [0.2, 0.25) is 0 Å². The lowest BCUT2D eigenvalue weighted by molar-refractivity contribution is -0.253.